The number of ether oxygens (including phenoxy) is 1. The minimum Gasteiger partial charge on any atom is -0.496 e. The summed E-state index contributed by atoms with van der Waals surface area (Å²) in [6.45, 7) is 0.464. The van der Waals surface area contributed by atoms with Crippen LogP contribution < -0.4 is 4.74 Å². The number of amides is 1. The number of halogens is 1. The Morgan fingerprint density at radius 3 is 2.64 bits per heavy atom. The second-order valence-corrected chi connectivity index (χ2v) is 7.90. The van der Waals surface area contributed by atoms with Crippen LogP contribution in [0.5, 0.6) is 5.75 Å². The zero-order valence-electron chi connectivity index (χ0n) is 16.1. The van der Waals surface area contributed by atoms with Gasteiger partial charge >= 0.3 is 0 Å². The van der Waals surface area contributed by atoms with Gasteiger partial charge < -0.3 is 14.7 Å². The summed E-state index contributed by atoms with van der Waals surface area (Å²) in [5.74, 6) is 0.0643. The van der Waals surface area contributed by atoms with E-state index in [1.54, 1.807) is 31.4 Å². The first-order valence-electron chi connectivity index (χ1n) is 9.95. The summed E-state index contributed by atoms with van der Waals surface area (Å²) < 4.78 is 18.9. The molecule has 3 atom stereocenters. The molecule has 0 bridgehead atoms. The van der Waals surface area contributed by atoms with Gasteiger partial charge in [0.15, 0.2) is 0 Å². The molecule has 1 saturated heterocycles. The molecule has 1 saturated carbocycles. The highest BCUT2D eigenvalue weighted by Gasteiger charge is 2.50. The number of fused-ring (bicyclic) bond motifs is 1. The summed E-state index contributed by atoms with van der Waals surface area (Å²) in [6, 6.07) is 13.3. The summed E-state index contributed by atoms with van der Waals surface area (Å²) in [5, 5.41) is 11.3. The zero-order chi connectivity index (χ0) is 19.7. The molecule has 2 fully saturated rings. The summed E-state index contributed by atoms with van der Waals surface area (Å²) in [6.07, 6.45) is 4.21. The molecule has 0 aromatic heterocycles. The van der Waals surface area contributed by atoms with Crippen LogP contribution in [-0.4, -0.2) is 35.2 Å². The highest BCUT2D eigenvalue weighted by molar-refractivity contribution is 5.97. The number of carbonyl (C=O) groups excluding carboxylic acids is 1. The quantitative estimate of drug-likeness (QED) is 0.858. The van der Waals surface area contributed by atoms with Crippen LogP contribution in [0.1, 0.15) is 54.1 Å². The number of para-hydroxylation sites is 1. The van der Waals surface area contributed by atoms with Gasteiger partial charge in [0.1, 0.15) is 11.6 Å². The fraction of sp³-hybridized carbons (Fsp3) is 0.435. The molecule has 1 aliphatic carbocycles. The maximum atomic E-state index is 13.5. The van der Waals surface area contributed by atoms with Crippen molar-refractivity contribution in [3.05, 3.63) is 65.5 Å². The molecule has 3 unspecified atom stereocenters. The second kappa shape index (κ2) is 7.55. The van der Waals surface area contributed by atoms with Crippen molar-refractivity contribution in [2.45, 2.75) is 43.7 Å². The molecular formula is C23H26FNO3. The Kier molecular flexibility index (Phi) is 5.11. The number of nitrogens with zero attached hydrogens (tertiary/aromatic N) is 1. The van der Waals surface area contributed by atoms with Crippen molar-refractivity contribution in [2.24, 2.45) is 5.92 Å². The first kappa shape index (κ1) is 18.9. The van der Waals surface area contributed by atoms with E-state index in [1.807, 2.05) is 17.0 Å². The molecule has 0 spiro atoms. The normalized spacial score (nSPS) is 27.2. The van der Waals surface area contributed by atoms with Crippen LogP contribution in [0.15, 0.2) is 48.5 Å². The van der Waals surface area contributed by atoms with Gasteiger partial charge in [-0.3, -0.25) is 4.79 Å². The van der Waals surface area contributed by atoms with E-state index in [4.69, 9.17) is 4.74 Å². The fourth-order valence-corrected chi connectivity index (χ4v) is 4.96. The largest absolute Gasteiger partial charge is 0.496 e. The smallest absolute Gasteiger partial charge is 0.258 e. The summed E-state index contributed by atoms with van der Waals surface area (Å²) in [5.41, 5.74) is 0.613. The lowest BCUT2D eigenvalue weighted by molar-refractivity contribution is -0.115. The average molecular weight is 383 g/mol. The molecule has 1 heterocycles. The Hall–Kier alpha value is -2.40. The van der Waals surface area contributed by atoms with Crippen molar-refractivity contribution in [3.8, 4) is 5.75 Å². The number of hydrogen-bond donors (Lipinski definition) is 1. The molecule has 148 valence electrons. The Morgan fingerprint density at radius 2 is 1.89 bits per heavy atom. The molecular weight excluding hydrogens is 357 g/mol. The SMILES string of the molecule is COc1ccccc1C(=O)N1CCC2(O)CCCCC2C1c1ccc(F)cc1. The van der Waals surface area contributed by atoms with Crippen LogP contribution in [0.25, 0.3) is 0 Å². The summed E-state index contributed by atoms with van der Waals surface area (Å²) in [4.78, 5) is 15.3. The van der Waals surface area contributed by atoms with E-state index in [0.29, 0.717) is 24.3 Å². The number of aliphatic hydroxyl groups is 1. The van der Waals surface area contributed by atoms with Gasteiger partial charge in [0.2, 0.25) is 0 Å². The molecule has 2 aromatic carbocycles. The van der Waals surface area contributed by atoms with Crippen molar-refractivity contribution in [1.82, 2.24) is 4.90 Å². The van der Waals surface area contributed by atoms with Crippen molar-refractivity contribution in [3.63, 3.8) is 0 Å². The Labute approximate surface area is 164 Å². The third-order valence-electron chi connectivity index (χ3n) is 6.38. The van der Waals surface area contributed by atoms with Crippen molar-refractivity contribution in [1.29, 1.82) is 0 Å². The summed E-state index contributed by atoms with van der Waals surface area (Å²) in [7, 11) is 1.56. The van der Waals surface area contributed by atoms with Gasteiger partial charge in [-0.2, -0.15) is 0 Å². The molecule has 1 amide bonds. The maximum Gasteiger partial charge on any atom is 0.258 e. The maximum absolute atomic E-state index is 13.5. The monoisotopic (exact) mass is 383 g/mol. The van der Waals surface area contributed by atoms with Gasteiger partial charge in [-0.1, -0.05) is 37.1 Å². The van der Waals surface area contributed by atoms with Gasteiger partial charge in [0.25, 0.3) is 5.91 Å². The van der Waals surface area contributed by atoms with Gasteiger partial charge in [0.05, 0.1) is 24.3 Å². The van der Waals surface area contributed by atoms with Crippen LogP contribution >= 0.6 is 0 Å². The van der Waals surface area contributed by atoms with Crippen molar-refractivity contribution < 1.29 is 19.0 Å². The average Bonchev–Trinajstić information content (AvgIpc) is 2.72. The number of benzene rings is 2. The molecule has 4 rings (SSSR count). The Bertz CT molecular complexity index is 853. The van der Waals surface area contributed by atoms with Crippen LogP contribution in [0.4, 0.5) is 4.39 Å². The Morgan fingerprint density at radius 1 is 1.14 bits per heavy atom. The first-order chi connectivity index (χ1) is 13.5. The van der Waals surface area contributed by atoms with Crippen LogP contribution in [-0.2, 0) is 0 Å². The number of rotatable bonds is 3. The molecule has 4 nitrogen and oxygen atoms in total. The number of methoxy groups -OCH3 is 1. The lowest BCUT2D eigenvalue weighted by atomic mass is 9.66. The second-order valence-electron chi connectivity index (χ2n) is 7.90. The predicted molar refractivity (Wildman–Crippen MR) is 105 cm³/mol. The molecule has 5 heteroatoms. The highest BCUT2D eigenvalue weighted by atomic mass is 19.1. The van der Waals surface area contributed by atoms with Gasteiger partial charge in [0, 0.05) is 12.5 Å². The van der Waals surface area contributed by atoms with E-state index in [9.17, 15) is 14.3 Å². The van der Waals surface area contributed by atoms with E-state index < -0.39 is 5.60 Å². The van der Waals surface area contributed by atoms with E-state index in [2.05, 4.69) is 0 Å². The number of hydrogen-bond acceptors (Lipinski definition) is 3. The summed E-state index contributed by atoms with van der Waals surface area (Å²) >= 11 is 0. The van der Waals surface area contributed by atoms with E-state index in [0.717, 1.165) is 31.2 Å². The lowest BCUT2D eigenvalue weighted by Gasteiger charge is -2.52. The van der Waals surface area contributed by atoms with E-state index >= 15 is 0 Å². The van der Waals surface area contributed by atoms with Crippen LogP contribution in [0, 0.1) is 11.7 Å². The molecule has 2 aromatic rings. The minimum atomic E-state index is -0.769. The Balaban J connectivity index is 1.76. The molecule has 1 aliphatic heterocycles. The van der Waals surface area contributed by atoms with Crippen LogP contribution in [0.2, 0.25) is 0 Å². The van der Waals surface area contributed by atoms with E-state index in [-0.39, 0.29) is 23.7 Å². The van der Waals surface area contributed by atoms with Crippen LogP contribution in [0.3, 0.4) is 0 Å². The van der Waals surface area contributed by atoms with Gasteiger partial charge in [-0.15, -0.1) is 0 Å². The zero-order valence-corrected chi connectivity index (χ0v) is 16.1. The number of piperidine rings is 1. The topological polar surface area (TPSA) is 49.8 Å². The highest BCUT2D eigenvalue weighted by Crippen LogP contribution is 2.49. The first-order valence-corrected chi connectivity index (χ1v) is 9.95. The van der Waals surface area contributed by atoms with E-state index in [1.165, 1.54) is 12.1 Å². The van der Waals surface area contributed by atoms with Crippen molar-refractivity contribution >= 4 is 5.91 Å². The molecule has 2 aliphatic rings. The standard InChI is InChI=1S/C23H26FNO3/c1-28-20-8-3-2-6-18(20)22(26)25-15-14-23(27)13-5-4-7-19(23)21(25)16-9-11-17(24)12-10-16/h2-3,6,8-12,19,21,27H,4-5,7,13-15H2,1H3. The predicted octanol–water partition coefficient (Wildman–Crippen LogP) is 4.34. The third-order valence-corrected chi connectivity index (χ3v) is 6.38. The van der Waals surface area contributed by atoms with Crippen molar-refractivity contribution in [2.75, 3.05) is 13.7 Å². The fourth-order valence-electron chi connectivity index (χ4n) is 4.96. The third kappa shape index (κ3) is 3.28. The number of carbonyl (C=O) groups is 1. The minimum absolute atomic E-state index is 0.0564. The van der Waals surface area contributed by atoms with Gasteiger partial charge in [-0.05, 0) is 49.1 Å². The molecule has 0 radical (unpaired) electrons. The molecule has 1 N–H and O–H groups in total. The molecule has 28 heavy (non-hydrogen) atoms. The lowest BCUT2D eigenvalue weighted by Crippen LogP contribution is -2.56. The van der Waals surface area contributed by atoms with Gasteiger partial charge in [-0.25, -0.2) is 4.39 Å². The number of likely N-dealkylation sites (tertiary alicyclic amines) is 1.